The Hall–Kier alpha value is -1.34. The van der Waals surface area contributed by atoms with Crippen molar-refractivity contribution in [1.82, 2.24) is 4.90 Å². The Bertz CT molecular complexity index is 537. The highest BCUT2D eigenvalue weighted by atomic mass is 32.1. The minimum absolute atomic E-state index is 0.0665. The zero-order valence-electron chi connectivity index (χ0n) is 11.2. The molecule has 1 saturated carbocycles. The second kappa shape index (κ2) is 4.64. The molecular formula is C15H18N2OS. The maximum Gasteiger partial charge on any atom is 0.243 e. The van der Waals surface area contributed by atoms with Gasteiger partial charge in [0.1, 0.15) is 5.41 Å². The van der Waals surface area contributed by atoms with E-state index >= 15 is 0 Å². The molecule has 1 aliphatic carbocycles. The van der Waals surface area contributed by atoms with Crippen LogP contribution in [0.1, 0.15) is 49.1 Å². The summed E-state index contributed by atoms with van der Waals surface area (Å²) >= 11 is 1.78. The average Bonchev–Trinajstić information content (AvgIpc) is 3.08. The number of hydrogen-bond acceptors (Lipinski definition) is 3. The van der Waals surface area contributed by atoms with Crippen molar-refractivity contribution < 1.29 is 4.79 Å². The van der Waals surface area contributed by atoms with Crippen LogP contribution in [-0.2, 0) is 11.2 Å². The number of amides is 1. The molecule has 0 spiro atoms. The third-order valence-electron chi connectivity index (χ3n) is 4.62. The lowest BCUT2D eigenvalue weighted by Crippen LogP contribution is -2.46. The van der Waals surface area contributed by atoms with Crippen LogP contribution in [0.3, 0.4) is 0 Å². The zero-order valence-corrected chi connectivity index (χ0v) is 12.0. The molecule has 19 heavy (non-hydrogen) atoms. The Morgan fingerprint density at radius 2 is 2.26 bits per heavy atom. The fraction of sp³-hybridized carbons (Fsp3) is 0.600. The van der Waals surface area contributed by atoms with Crippen LogP contribution in [0.25, 0.3) is 0 Å². The normalized spacial score (nSPS) is 24.8. The van der Waals surface area contributed by atoms with Crippen LogP contribution >= 0.6 is 11.3 Å². The lowest BCUT2D eigenvalue weighted by molar-refractivity contribution is -0.141. The molecule has 0 radical (unpaired) electrons. The summed E-state index contributed by atoms with van der Waals surface area (Å²) in [4.78, 5) is 16.1. The summed E-state index contributed by atoms with van der Waals surface area (Å²) in [6, 6.07) is 4.57. The second-order valence-electron chi connectivity index (χ2n) is 5.62. The van der Waals surface area contributed by atoms with Crippen molar-refractivity contribution in [2.75, 3.05) is 6.54 Å². The third kappa shape index (κ3) is 1.88. The highest BCUT2D eigenvalue weighted by Crippen LogP contribution is 2.42. The lowest BCUT2D eigenvalue weighted by Gasteiger charge is -2.37. The van der Waals surface area contributed by atoms with Gasteiger partial charge in [-0.3, -0.25) is 4.79 Å². The third-order valence-corrected chi connectivity index (χ3v) is 5.62. The highest BCUT2D eigenvalue weighted by molar-refractivity contribution is 7.10. The molecule has 1 aromatic heterocycles. The molecule has 0 aromatic carbocycles. The SMILES string of the molecule is CC1c2ccsc2CCN1C(=O)C1(C#N)CCCC1. The van der Waals surface area contributed by atoms with E-state index in [-0.39, 0.29) is 11.9 Å². The van der Waals surface area contributed by atoms with E-state index in [0.717, 1.165) is 38.6 Å². The van der Waals surface area contributed by atoms with Crippen molar-refractivity contribution >= 4 is 17.2 Å². The first-order valence-electron chi connectivity index (χ1n) is 6.96. The van der Waals surface area contributed by atoms with Crippen LogP contribution in [-0.4, -0.2) is 17.4 Å². The minimum atomic E-state index is -0.734. The summed E-state index contributed by atoms with van der Waals surface area (Å²) in [5.41, 5.74) is 0.539. The van der Waals surface area contributed by atoms with Crippen LogP contribution in [0.5, 0.6) is 0 Å². The van der Waals surface area contributed by atoms with Crippen LogP contribution < -0.4 is 0 Å². The van der Waals surface area contributed by atoms with Gasteiger partial charge in [-0.1, -0.05) is 12.8 Å². The Labute approximate surface area is 117 Å². The molecular weight excluding hydrogens is 256 g/mol. The molecule has 1 amide bonds. The van der Waals surface area contributed by atoms with Crippen molar-refractivity contribution in [1.29, 1.82) is 5.26 Å². The minimum Gasteiger partial charge on any atom is -0.334 e. The summed E-state index contributed by atoms with van der Waals surface area (Å²) in [5, 5.41) is 11.6. The second-order valence-corrected chi connectivity index (χ2v) is 6.63. The van der Waals surface area contributed by atoms with Gasteiger partial charge in [0.05, 0.1) is 12.1 Å². The van der Waals surface area contributed by atoms with E-state index in [1.165, 1.54) is 10.4 Å². The predicted molar refractivity (Wildman–Crippen MR) is 74.7 cm³/mol. The first-order chi connectivity index (χ1) is 9.18. The number of carbonyl (C=O) groups is 1. The standard InChI is InChI=1S/C15H18N2OS/c1-11-12-5-9-19-13(12)4-8-17(11)14(18)15(10-16)6-2-3-7-15/h5,9,11H,2-4,6-8H2,1H3. The number of rotatable bonds is 1. The summed E-state index contributed by atoms with van der Waals surface area (Å²) in [6.45, 7) is 2.85. The molecule has 1 atom stereocenters. The molecule has 0 bridgehead atoms. The fourth-order valence-electron chi connectivity index (χ4n) is 3.41. The highest BCUT2D eigenvalue weighted by Gasteiger charge is 2.45. The topological polar surface area (TPSA) is 44.1 Å². The molecule has 3 rings (SSSR count). The number of carbonyl (C=O) groups excluding carboxylic acids is 1. The Balaban J connectivity index is 1.88. The summed E-state index contributed by atoms with van der Waals surface area (Å²) in [5.74, 6) is 0.0665. The van der Waals surface area contributed by atoms with E-state index in [1.54, 1.807) is 11.3 Å². The zero-order chi connectivity index (χ0) is 13.5. The Kier molecular flexibility index (Phi) is 3.10. The number of nitrogens with zero attached hydrogens (tertiary/aromatic N) is 2. The van der Waals surface area contributed by atoms with E-state index in [1.807, 2.05) is 4.90 Å². The van der Waals surface area contributed by atoms with E-state index in [0.29, 0.717) is 0 Å². The maximum atomic E-state index is 12.8. The Morgan fingerprint density at radius 1 is 1.53 bits per heavy atom. The van der Waals surface area contributed by atoms with E-state index in [4.69, 9.17) is 0 Å². The van der Waals surface area contributed by atoms with E-state index in [9.17, 15) is 10.1 Å². The molecule has 0 saturated heterocycles. The van der Waals surface area contributed by atoms with Crippen molar-refractivity contribution in [3.05, 3.63) is 21.9 Å². The van der Waals surface area contributed by atoms with E-state index in [2.05, 4.69) is 24.4 Å². The number of fused-ring (bicyclic) bond motifs is 1. The van der Waals surface area contributed by atoms with Gasteiger partial charge >= 0.3 is 0 Å². The van der Waals surface area contributed by atoms with Crippen molar-refractivity contribution in [2.45, 2.75) is 45.1 Å². The van der Waals surface area contributed by atoms with Gasteiger partial charge in [-0.2, -0.15) is 5.26 Å². The van der Waals surface area contributed by atoms with Crippen molar-refractivity contribution in [3.8, 4) is 6.07 Å². The van der Waals surface area contributed by atoms with Gasteiger partial charge in [0.25, 0.3) is 0 Å². The fourth-order valence-corrected chi connectivity index (χ4v) is 4.38. The molecule has 0 N–H and O–H groups in total. The average molecular weight is 274 g/mol. The monoisotopic (exact) mass is 274 g/mol. The smallest absolute Gasteiger partial charge is 0.243 e. The van der Waals surface area contributed by atoms with Gasteiger partial charge < -0.3 is 4.90 Å². The molecule has 100 valence electrons. The van der Waals surface area contributed by atoms with Crippen molar-refractivity contribution in [2.24, 2.45) is 5.41 Å². The molecule has 2 heterocycles. The van der Waals surface area contributed by atoms with Gasteiger partial charge in [-0.15, -0.1) is 11.3 Å². The predicted octanol–water partition coefficient (Wildman–Crippen LogP) is 3.28. The van der Waals surface area contributed by atoms with Crippen LogP contribution in [0.2, 0.25) is 0 Å². The Morgan fingerprint density at radius 3 is 2.95 bits per heavy atom. The molecule has 1 aromatic rings. The number of nitriles is 1. The van der Waals surface area contributed by atoms with Gasteiger partial charge in [0.15, 0.2) is 0 Å². The molecule has 3 nitrogen and oxygen atoms in total. The summed E-state index contributed by atoms with van der Waals surface area (Å²) in [7, 11) is 0. The molecule has 1 fully saturated rings. The van der Waals surface area contributed by atoms with Gasteiger partial charge in [0.2, 0.25) is 5.91 Å². The number of hydrogen-bond donors (Lipinski definition) is 0. The maximum absolute atomic E-state index is 12.8. The summed E-state index contributed by atoms with van der Waals surface area (Å²) < 4.78 is 0. The molecule has 4 heteroatoms. The van der Waals surface area contributed by atoms with Crippen molar-refractivity contribution in [3.63, 3.8) is 0 Å². The van der Waals surface area contributed by atoms with Gasteiger partial charge in [-0.05, 0) is 43.2 Å². The molecule has 1 aliphatic heterocycles. The number of thiophene rings is 1. The van der Waals surface area contributed by atoms with Crippen LogP contribution in [0.4, 0.5) is 0 Å². The molecule has 2 aliphatic rings. The summed E-state index contributed by atoms with van der Waals surface area (Å²) in [6.07, 6.45) is 4.42. The van der Waals surface area contributed by atoms with E-state index < -0.39 is 5.41 Å². The first kappa shape index (κ1) is 12.7. The lowest BCUT2D eigenvalue weighted by atomic mass is 9.85. The quantitative estimate of drug-likeness (QED) is 0.789. The molecule has 1 unspecified atom stereocenters. The van der Waals surface area contributed by atoms with Gasteiger partial charge in [0, 0.05) is 11.4 Å². The largest absolute Gasteiger partial charge is 0.334 e. The first-order valence-corrected chi connectivity index (χ1v) is 7.84. The van der Waals surface area contributed by atoms with Crippen LogP contribution in [0, 0.1) is 16.7 Å². The van der Waals surface area contributed by atoms with Gasteiger partial charge in [-0.25, -0.2) is 0 Å². The van der Waals surface area contributed by atoms with Crippen LogP contribution in [0.15, 0.2) is 11.4 Å².